The lowest BCUT2D eigenvalue weighted by Gasteiger charge is -2.22. The lowest BCUT2D eigenvalue weighted by Crippen LogP contribution is -2.32. The summed E-state index contributed by atoms with van der Waals surface area (Å²) in [6.07, 6.45) is 2.97. The van der Waals surface area contributed by atoms with Crippen LogP contribution in [0.15, 0.2) is 53.3 Å². The summed E-state index contributed by atoms with van der Waals surface area (Å²) in [6, 6.07) is 14.9. The molecule has 6 rings (SSSR count). The van der Waals surface area contributed by atoms with Gasteiger partial charge in [-0.3, -0.25) is 14.3 Å². The number of likely N-dealkylation sites (tertiary alicyclic amines) is 1. The number of amides is 1. The van der Waals surface area contributed by atoms with Crippen molar-refractivity contribution in [3.8, 4) is 11.5 Å². The number of fused-ring (bicyclic) bond motifs is 1. The van der Waals surface area contributed by atoms with Crippen molar-refractivity contribution in [2.24, 2.45) is 0 Å². The molecule has 0 spiro atoms. The molecule has 2 fully saturated rings. The maximum atomic E-state index is 14.1. The molecule has 42 heavy (non-hydrogen) atoms. The monoisotopic (exact) mass is 590 g/mol. The maximum Gasteiger partial charge on any atom is 0.410 e. The van der Waals surface area contributed by atoms with Crippen molar-refractivity contribution < 1.29 is 23.7 Å². The number of thiazole rings is 1. The molecule has 1 saturated carbocycles. The first-order chi connectivity index (χ1) is 20.5. The zero-order valence-electron chi connectivity index (χ0n) is 24.0. The fourth-order valence-corrected chi connectivity index (χ4v) is 6.75. The Bertz CT molecular complexity index is 1650. The minimum atomic E-state index is -0.379. The number of ether oxygens (including phenoxy) is 4. The van der Waals surface area contributed by atoms with Gasteiger partial charge in [-0.25, -0.2) is 14.8 Å². The minimum Gasteiger partial charge on any atom is -0.497 e. The van der Waals surface area contributed by atoms with Crippen molar-refractivity contribution in [1.29, 1.82) is 0 Å². The number of carbonyl (C=O) groups is 1. The highest BCUT2D eigenvalue weighted by molar-refractivity contribution is 7.18. The normalized spacial score (nSPS) is 17.4. The van der Waals surface area contributed by atoms with E-state index in [1.807, 2.05) is 42.5 Å². The Balaban J connectivity index is 1.35. The van der Waals surface area contributed by atoms with E-state index >= 15 is 0 Å². The summed E-state index contributed by atoms with van der Waals surface area (Å²) in [5, 5.41) is 0.700. The van der Waals surface area contributed by atoms with E-state index in [0.717, 1.165) is 36.8 Å². The SMILES string of the molecule is COCC1(c2nc3sc(C4CCCN4C(=O)OCc4ccccc4)nc3c(=O)n2Cc2ccc(OC)cc2OC)CC1. The van der Waals surface area contributed by atoms with Crippen LogP contribution >= 0.6 is 11.3 Å². The largest absolute Gasteiger partial charge is 0.497 e. The minimum absolute atomic E-state index is 0.203. The zero-order chi connectivity index (χ0) is 29.3. The number of benzene rings is 2. The number of carbonyl (C=O) groups excluding carboxylic acids is 1. The first-order valence-electron chi connectivity index (χ1n) is 14.1. The molecule has 220 valence electrons. The second-order valence-corrected chi connectivity index (χ2v) is 11.8. The average Bonchev–Trinajstić information content (AvgIpc) is 3.41. The molecule has 0 radical (unpaired) electrons. The molecular formula is C31H34N4O6S. The van der Waals surface area contributed by atoms with Crippen molar-refractivity contribution in [2.75, 3.05) is 34.5 Å². The Labute approximate surface area is 247 Å². The second kappa shape index (κ2) is 11.7. The molecule has 1 aliphatic carbocycles. The van der Waals surface area contributed by atoms with Gasteiger partial charge in [0.15, 0.2) is 10.3 Å². The van der Waals surface area contributed by atoms with Crippen LogP contribution in [0.5, 0.6) is 11.5 Å². The average molecular weight is 591 g/mol. The molecule has 1 aliphatic heterocycles. The van der Waals surface area contributed by atoms with Crippen molar-refractivity contribution in [3.63, 3.8) is 0 Å². The summed E-state index contributed by atoms with van der Waals surface area (Å²) in [4.78, 5) is 39.3. The number of hydrogen-bond acceptors (Lipinski definition) is 9. The number of rotatable bonds is 10. The number of methoxy groups -OCH3 is 3. The summed E-state index contributed by atoms with van der Waals surface area (Å²) < 4.78 is 23.9. The van der Waals surface area contributed by atoms with E-state index in [2.05, 4.69) is 0 Å². The van der Waals surface area contributed by atoms with E-state index in [9.17, 15) is 9.59 Å². The molecule has 10 nitrogen and oxygen atoms in total. The molecule has 1 amide bonds. The van der Waals surface area contributed by atoms with Crippen LogP contribution in [0.4, 0.5) is 4.79 Å². The Kier molecular flexibility index (Phi) is 7.87. The van der Waals surface area contributed by atoms with Crippen LogP contribution in [0, 0.1) is 0 Å². The molecule has 3 heterocycles. The molecule has 0 N–H and O–H groups in total. The fraction of sp³-hybridized carbons (Fsp3) is 0.419. The lowest BCUT2D eigenvalue weighted by atomic mass is 10.1. The van der Waals surface area contributed by atoms with E-state index in [1.165, 1.54) is 11.3 Å². The van der Waals surface area contributed by atoms with Gasteiger partial charge in [-0.1, -0.05) is 41.7 Å². The van der Waals surface area contributed by atoms with Gasteiger partial charge in [0.2, 0.25) is 0 Å². The highest BCUT2D eigenvalue weighted by atomic mass is 32.1. The van der Waals surface area contributed by atoms with Crippen LogP contribution < -0.4 is 15.0 Å². The predicted octanol–water partition coefficient (Wildman–Crippen LogP) is 5.07. The van der Waals surface area contributed by atoms with Crippen LogP contribution in [0.25, 0.3) is 10.3 Å². The third kappa shape index (κ3) is 5.34. The van der Waals surface area contributed by atoms with Crippen molar-refractivity contribution >= 4 is 27.8 Å². The molecule has 2 aromatic carbocycles. The Morgan fingerprint density at radius 3 is 2.60 bits per heavy atom. The smallest absolute Gasteiger partial charge is 0.410 e. The van der Waals surface area contributed by atoms with E-state index < -0.39 is 0 Å². The summed E-state index contributed by atoms with van der Waals surface area (Å²) in [5.41, 5.74) is 1.52. The van der Waals surface area contributed by atoms with Gasteiger partial charge in [0.1, 0.15) is 28.9 Å². The van der Waals surface area contributed by atoms with E-state index in [4.69, 9.17) is 28.9 Å². The third-order valence-electron chi connectivity index (χ3n) is 8.09. The lowest BCUT2D eigenvalue weighted by molar-refractivity contribution is 0.0920. The Hall–Kier alpha value is -3.96. The summed E-state index contributed by atoms with van der Waals surface area (Å²) >= 11 is 1.38. The van der Waals surface area contributed by atoms with Crippen molar-refractivity contribution in [2.45, 2.75) is 50.3 Å². The topological polar surface area (TPSA) is 105 Å². The van der Waals surface area contributed by atoms with Crippen LogP contribution in [0.1, 0.15) is 53.7 Å². The van der Waals surface area contributed by atoms with Gasteiger partial charge in [0, 0.05) is 25.3 Å². The number of aromatic nitrogens is 3. The predicted molar refractivity (Wildman–Crippen MR) is 158 cm³/mol. The third-order valence-corrected chi connectivity index (χ3v) is 9.14. The van der Waals surface area contributed by atoms with E-state index in [1.54, 1.807) is 36.9 Å². The summed E-state index contributed by atoms with van der Waals surface area (Å²) in [7, 11) is 4.87. The highest BCUT2D eigenvalue weighted by Crippen LogP contribution is 2.48. The van der Waals surface area contributed by atoms with Gasteiger partial charge in [0.05, 0.1) is 38.8 Å². The maximum absolute atomic E-state index is 14.1. The first kappa shape index (κ1) is 28.2. The van der Waals surface area contributed by atoms with Gasteiger partial charge < -0.3 is 18.9 Å². The molecule has 1 saturated heterocycles. The Morgan fingerprint density at radius 2 is 1.88 bits per heavy atom. The quantitative estimate of drug-likeness (QED) is 0.252. The first-order valence-corrected chi connectivity index (χ1v) is 14.9. The highest BCUT2D eigenvalue weighted by Gasteiger charge is 2.48. The van der Waals surface area contributed by atoms with Crippen LogP contribution in [0.3, 0.4) is 0 Å². The summed E-state index contributed by atoms with van der Waals surface area (Å²) in [6.45, 7) is 1.52. The molecule has 2 aliphatic rings. The number of nitrogens with zero attached hydrogens (tertiary/aromatic N) is 4. The molecule has 0 bridgehead atoms. The molecule has 1 unspecified atom stereocenters. The second-order valence-electron chi connectivity index (χ2n) is 10.8. The van der Waals surface area contributed by atoms with Crippen molar-refractivity contribution in [3.05, 3.63) is 80.8 Å². The zero-order valence-corrected chi connectivity index (χ0v) is 24.8. The van der Waals surface area contributed by atoms with Gasteiger partial charge in [-0.2, -0.15) is 0 Å². The molecule has 1 atom stereocenters. The van der Waals surface area contributed by atoms with Crippen LogP contribution in [-0.4, -0.2) is 60.0 Å². The van der Waals surface area contributed by atoms with Gasteiger partial charge in [0.25, 0.3) is 5.56 Å². The van der Waals surface area contributed by atoms with E-state index in [-0.39, 0.29) is 36.3 Å². The summed E-state index contributed by atoms with van der Waals surface area (Å²) in [5.74, 6) is 1.99. The van der Waals surface area contributed by atoms with Gasteiger partial charge in [-0.05, 0) is 43.4 Å². The van der Waals surface area contributed by atoms with Gasteiger partial charge >= 0.3 is 6.09 Å². The standard InChI is InChI=1S/C31H34N4O6S/c1-38-19-31(13-14-31)29-33-27-25(28(36)35(29)17-21-11-12-22(39-2)16-24(21)40-3)32-26(42-27)23-10-7-15-34(23)30(37)41-18-20-8-5-4-6-9-20/h4-6,8-9,11-12,16,23H,7,10,13-15,17-19H2,1-3H3. The van der Waals surface area contributed by atoms with Crippen LogP contribution in [0.2, 0.25) is 0 Å². The molecular weight excluding hydrogens is 556 g/mol. The van der Waals surface area contributed by atoms with E-state index in [0.29, 0.717) is 45.8 Å². The number of hydrogen-bond donors (Lipinski definition) is 0. The van der Waals surface area contributed by atoms with Gasteiger partial charge in [-0.15, -0.1) is 0 Å². The van der Waals surface area contributed by atoms with Crippen LogP contribution in [-0.2, 0) is 28.0 Å². The molecule has 11 heteroatoms. The Morgan fingerprint density at radius 1 is 1.07 bits per heavy atom. The molecule has 2 aromatic heterocycles. The molecule has 4 aromatic rings. The van der Waals surface area contributed by atoms with Crippen molar-refractivity contribution in [1.82, 2.24) is 19.4 Å². The fourth-order valence-electron chi connectivity index (χ4n) is 5.67.